The van der Waals surface area contributed by atoms with Crippen molar-refractivity contribution in [3.8, 4) is 5.75 Å². The van der Waals surface area contributed by atoms with Crippen LogP contribution in [0, 0.1) is 5.92 Å². The summed E-state index contributed by atoms with van der Waals surface area (Å²) >= 11 is 0. The highest BCUT2D eigenvalue weighted by molar-refractivity contribution is 5.62. The average Bonchev–Trinajstić information content (AvgIpc) is 3.63. The van der Waals surface area contributed by atoms with E-state index in [2.05, 4.69) is 41.1 Å². The van der Waals surface area contributed by atoms with Gasteiger partial charge in [0.15, 0.2) is 0 Å². The molecule has 1 N–H and O–H groups in total. The highest BCUT2D eigenvalue weighted by Crippen LogP contribution is 2.33. The maximum Gasteiger partial charge on any atom is 0.138 e. The molecule has 5 heteroatoms. The largest absolute Gasteiger partial charge is 0.487 e. The number of nitrogens with one attached hydrogen (secondary N) is 1. The molecule has 0 bridgehead atoms. The Labute approximate surface area is 173 Å². The van der Waals surface area contributed by atoms with E-state index in [1.54, 1.807) is 12.3 Å². The second-order valence-electron chi connectivity index (χ2n) is 6.54. The molecule has 2 aromatic rings. The van der Waals surface area contributed by atoms with Crippen molar-refractivity contribution in [2.75, 3.05) is 7.05 Å². The van der Waals surface area contributed by atoms with Gasteiger partial charge in [-0.1, -0.05) is 49.8 Å². The van der Waals surface area contributed by atoms with Gasteiger partial charge in [-0.25, -0.2) is 0 Å². The van der Waals surface area contributed by atoms with E-state index in [-0.39, 0.29) is 0 Å². The molecule has 5 nitrogen and oxygen atoms in total. The summed E-state index contributed by atoms with van der Waals surface area (Å²) in [5.41, 5.74) is 4.43. The summed E-state index contributed by atoms with van der Waals surface area (Å²) in [6, 6.07) is 12.6. The molecule has 1 aromatic carbocycles. The molecule has 0 amide bonds. The predicted octanol–water partition coefficient (Wildman–Crippen LogP) is 4.38. The molecule has 1 aliphatic carbocycles. The van der Waals surface area contributed by atoms with E-state index in [0.717, 1.165) is 23.1 Å². The van der Waals surface area contributed by atoms with Crippen molar-refractivity contribution in [2.45, 2.75) is 32.3 Å². The van der Waals surface area contributed by atoms with Crippen molar-refractivity contribution in [3.05, 3.63) is 78.1 Å². The number of hydrogen-bond acceptors (Lipinski definition) is 5. The summed E-state index contributed by atoms with van der Waals surface area (Å²) in [7, 11) is 1.87. The van der Waals surface area contributed by atoms with E-state index >= 15 is 0 Å². The molecule has 1 aromatic heterocycles. The third-order valence-corrected chi connectivity index (χ3v) is 4.50. The van der Waals surface area contributed by atoms with Crippen molar-refractivity contribution >= 4 is 19.3 Å². The summed E-state index contributed by atoms with van der Waals surface area (Å²) < 4.78 is 5.89. The molecule has 0 radical (unpaired) electrons. The van der Waals surface area contributed by atoms with Crippen LogP contribution in [0.5, 0.6) is 5.75 Å². The number of aromatic nitrogens is 1. The summed E-state index contributed by atoms with van der Waals surface area (Å²) in [5, 5.41) is 3.11. The van der Waals surface area contributed by atoms with Gasteiger partial charge in [-0.05, 0) is 48.1 Å². The SMILES string of the molecule is C=C/C=C(\NC)c1ccc(OCc2cccc(CCC3CC3)c2)cn1.C=O.C=O. The van der Waals surface area contributed by atoms with Crippen molar-refractivity contribution in [3.63, 3.8) is 0 Å². The Morgan fingerprint density at radius 3 is 2.48 bits per heavy atom. The van der Waals surface area contributed by atoms with Gasteiger partial charge in [0.1, 0.15) is 25.9 Å². The minimum absolute atomic E-state index is 0.569. The van der Waals surface area contributed by atoms with Crippen LogP contribution in [0.1, 0.15) is 36.1 Å². The fourth-order valence-electron chi connectivity index (χ4n) is 2.86. The second kappa shape index (κ2) is 13.9. The molecular formula is C24H30N2O3. The Kier molecular flexibility index (Phi) is 11.4. The number of benzene rings is 1. The lowest BCUT2D eigenvalue weighted by molar-refractivity contribution is -0.0987. The Morgan fingerprint density at radius 2 is 1.90 bits per heavy atom. The zero-order chi connectivity index (χ0) is 21.5. The topological polar surface area (TPSA) is 68.3 Å². The zero-order valence-electron chi connectivity index (χ0n) is 17.1. The number of nitrogens with zero attached hydrogens (tertiary/aromatic N) is 1. The van der Waals surface area contributed by atoms with E-state index < -0.39 is 0 Å². The Bertz CT molecular complexity index is 766. The van der Waals surface area contributed by atoms with Crippen molar-refractivity contribution in [1.82, 2.24) is 10.3 Å². The molecule has 0 saturated heterocycles. The van der Waals surface area contributed by atoms with Crippen molar-refractivity contribution in [1.29, 1.82) is 0 Å². The number of carbonyl (C=O) groups excluding carboxylic acids is 2. The predicted molar refractivity (Wildman–Crippen MR) is 118 cm³/mol. The van der Waals surface area contributed by atoms with E-state index in [9.17, 15) is 0 Å². The number of allylic oxidation sites excluding steroid dienone is 2. The first kappa shape index (κ1) is 23.8. The number of hydrogen-bond donors (Lipinski definition) is 1. The standard InChI is InChI=1S/C22H26N2O.2CH2O/c1-3-5-21(23-2)22-13-12-20(15-24-22)25-16-19-7-4-6-18(14-19)11-10-17-8-9-17;2*1-2/h3-7,12-15,17,23H,1,8-11,16H2,2H3;2*1H2/b21-5-;;. The molecule has 0 atom stereocenters. The third-order valence-electron chi connectivity index (χ3n) is 4.50. The quantitative estimate of drug-likeness (QED) is 0.639. The summed E-state index contributed by atoms with van der Waals surface area (Å²) in [5.74, 6) is 1.75. The van der Waals surface area contributed by atoms with E-state index in [1.165, 1.54) is 36.8 Å². The number of pyridine rings is 1. The molecular weight excluding hydrogens is 364 g/mol. The minimum atomic E-state index is 0.569. The van der Waals surface area contributed by atoms with Crippen LogP contribution < -0.4 is 10.1 Å². The van der Waals surface area contributed by atoms with Crippen LogP contribution in [0.3, 0.4) is 0 Å². The lowest BCUT2D eigenvalue weighted by Crippen LogP contribution is -2.06. The zero-order valence-corrected chi connectivity index (χ0v) is 17.1. The van der Waals surface area contributed by atoms with Gasteiger partial charge in [0.05, 0.1) is 17.6 Å². The van der Waals surface area contributed by atoms with Gasteiger partial charge < -0.3 is 19.6 Å². The van der Waals surface area contributed by atoms with Crippen LogP contribution >= 0.6 is 0 Å². The lowest BCUT2D eigenvalue weighted by atomic mass is 10.1. The van der Waals surface area contributed by atoms with Crippen LogP contribution in [0.4, 0.5) is 0 Å². The molecule has 1 saturated carbocycles. The first-order valence-corrected chi connectivity index (χ1v) is 9.53. The Morgan fingerprint density at radius 1 is 1.17 bits per heavy atom. The number of aryl methyl sites for hydroxylation is 1. The Hall–Kier alpha value is -3.21. The molecule has 0 unspecified atom stereocenters. The van der Waals surface area contributed by atoms with Gasteiger partial charge in [-0.2, -0.15) is 0 Å². The highest BCUT2D eigenvalue weighted by atomic mass is 16.5. The summed E-state index contributed by atoms with van der Waals surface area (Å²) in [6.45, 7) is 8.29. The van der Waals surface area contributed by atoms with Crippen LogP contribution in [0.15, 0.2) is 61.3 Å². The van der Waals surface area contributed by atoms with Crippen LogP contribution in [0.2, 0.25) is 0 Å². The fraction of sp³-hybridized carbons (Fsp3) is 0.292. The van der Waals surface area contributed by atoms with Gasteiger partial charge in [-0.15, -0.1) is 0 Å². The average molecular weight is 395 g/mol. The van der Waals surface area contributed by atoms with E-state index in [4.69, 9.17) is 14.3 Å². The van der Waals surface area contributed by atoms with Crippen LogP contribution in [0.25, 0.3) is 5.70 Å². The van der Waals surface area contributed by atoms with Crippen molar-refractivity contribution in [2.24, 2.45) is 5.92 Å². The lowest BCUT2D eigenvalue weighted by Gasteiger charge is -2.09. The van der Waals surface area contributed by atoms with Gasteiger partial charge in [0.2, 0.25) is 0 Å². The fourth-order valence-corrected chi connectivity index (χ4v) is 2.86. The van der Waals surface area contributed by atoms with E-state index in [1.807, 2.05) is 38.8 Å². The molecule has 1 aliphatic rings. The number of ether oxygens (including phenoxy) is 1. The first-order chi connectivity index (χ1) is 14.3. The first-order valence-electron chi connectivity index (χ1n) is 9.53. The summed E-state index contributed by atoms with van der Waals surface area (Å²) in [4.78, 5) is 20.5. The van der Waals surface area contributed by atoms with Gasteiger partial charge in [-0.3, -0.25) is 4.98 Å². The van der Waals surface area contributed by atoms with Gasteiger partial charge in [0.25, 0.3) is 0 Å². The molecule has 0 spiro atoms. The normalized spacial score (nSPS) is 12.5. The maximum absolute atomic E-state index is 8.00. The molecule has 0 aliphatic heterocycles. The monoisotopic (exact) mass is 394 g/mol. The van der Waals surface area contributed by atoms with Gasteiger partial charge >= 0.3 is 0 Å². The van der Waals surface area contributed by atoms with Gasteiger partial charge in [0, 0.05) is 7.05 Å². The molecule has 1 fully saturated rings. The van der Waals surface area contributed by atoms with E-state index in [0.29, 0.717) is 6.61 Å². The minimum Gasteiger partial charge on any atom is -0.487 e. The van der Waals surface area contributed by atoms with Crippen LogP contribution in [-0.2, 0) is 22.6 Å². The Balaban J connectivity index is 0.000000989. The third kappa shape index (κ3) is 8.56. The number of carbonyl (C=O) groups is 2. The molecule has 154 valence electrons. The summed E-state index contributed by atoms with van der Waals surface area (Å²) in [6.07, 6.45) is 10.7. The van der Waals surface area contributed by atoms with Crippen LogP contribution in [-0.4, -0.2) is 25.6 Å². The molecule has 1 heterocycles. The number of rotatable bonds is 9. The molecule has 3 rings (SSSR count). The highest BCUT2D eigenvalue weighted by Gasteiger charge is 2.20. The smallest absolute Gasteiger partial charge is 0.138 e. The second-order valence-corrected chi connectivity index (χ2v) is 6.54. The van der Waals surface area contributed by atoms with Crippen molar-refractivity contribution < 1.29 is 14.3 Å². The molecule has 29 heavy (non-hydrogen) atoms. The maximum atomic E-state index is 8.00.